The minimum Gasteiger partial charge on any atom is -0.388 e. The van der Waals surface area contributed by atoms with Crippen LogP contribution in [0.25, 0.3) is 22.2 Å². The highest BCUT2D eigenvalue weighted by atomic mass is 16.3. The van der Waals surface area contributed by atoms with Gasteiger partial charge in [-0.3, -0.25) is 18.7 Å². The second-order valence-electron chi connectivity index (χ2n) is 9.33. The van der Waals surface area contributed by atoms with E-state index in [1.54, 1.807) is 35.6 Å². The van der Waals surface area contributed by atoms with Crippen molar-refractivity contribution in [3.8, 4) is 0 Å². The summed E-state index contributed by atoms with van der Waals surface area (Å²) in [6.07, 6.45) is 1.78. The van der Waals surface area contributed by atoms with E-state index >= 15 is 0 Å². The molecule has 0 spiro atoms. The lowest BCUT2D eigenvalue weighted by molar-refractivity contribution is -0.0432. The van der Waals surface area contributed by atoms with Crippen LogP contribution in [0.4, 0.5) is 0 Å². The summed E-state index contributed by atoms with van der Waals surface area (Å²) in [5.74, 6) is 0.687. The van der Waals surface area contributed by atoms with E-state index in [-0.39, 0.29) is 23.6 Å². The monoisotopic (exact) mass is 465 g/mol. The standard InChI is InChI=1S/C23H27N7O4/c1-13-25-15-10-14(6-7-16(15)26(13)3)20(31)29-9-8-23(2,34)17(11-29)30-12-24-19-18(30)21(32)28(5)22(33)27(19)4/h6-7,10,12,17,34H,8-9,11H2,1-5H3/t17-,23-/m0/s1. The molecule has 178 valence electrons. The Morgan fingerprint density at radius 1 is 1.15 bits per heavy atom. The summed E-state index contributed by atoms with van der Waals surface area (Å²) < 4.78 is 5.89. The molecular formula is C23H27N7O4. The number of carbonyl (C=O) groups excluding carboxylic acids is 1. The SMILES string of the molecule is Cc1nc2cc(C(=O)N3CC[C@](C)(O)[C@@H](n4cnc5c4c(=O)n(C)c(=O)n5C)C3)ccc2n1C. The first-order chi connectivity index (χ1) is 16.0. The second kappa shape index (κ2) is 7.39. The first kappa shape index (κ1) is 22.1. The number of aryl methyl sites for hydroxylation is 3. The molecule has 4 heterocycles. The van der Waals surface area contributed by atoms with Gasteiger partial charge in [0.2, 0.25) is 0 Å². The molecule has 1 aliphatic rings. The summed E-state index contributed by atoms with van der Waals surface area (Å²) >= 11 is 0. The Balaban J connectivity index is 1.54. The van der Waals surface area contributed by atoms with Crippen molar-refractivity contribution in [3.63, 3.8) is 0 Å². The lowest BCUT2D eigenvalue weighted by Crippen LogP contribution is -2.53. The topological polar surface area (TPSA) is 120 Å². The highest BCUT2D eigenvalue weighted by molar-refractivity contribution is 5.97. The molecule has 1 aromatic carbocycles. The van der Waals surface area contributed by atoms with Crippen LogP contribution in [0.2, 0.25) is 0 Å². The first-order valence-corrected chi connectivity index (χ1v) is 11.1. The van der Waals surface area contributed by atoms with Gasteiger partial charge in [0.25, 0.3) is 11.5 Å². The summed E-state index contributed by atoms with van der Waals surface area (Å²) in [6, 6.07) is 4.82. The van der Waals surface area contributed by atoms with Gasteiger partial charge in [0, 0.05) is 39.8 Å². The quantitative estimate of drug-likeness (QED) is 0.459. The van der Waals surface area contributed by atoms with Crippen LogP contribution in [-0.2, 0) is 21.1 Å². The van der Waals surface area contributed by atoms with Gasteiger partial charge in [-0.2, -0.15) is 0 Å². The maximum Gasteiger partial charge on any atom is 0.332 e. The van der Waals surface area contributed by atoms with Gasteiger partial charge in [-0.25, -0.2) is 14.8 Å². The van der Waals surface area contributed by atoms with Gasteiger partial charge in [0.1, 0.15) is 5.82 Å². The molecule has 11 nitrogen and oxygen atoms in total. The molecule has 1 amide bonds. The molecule has 0 saturated carbocycles. The maximum absolute atomic E-state index is 13.4. The predicted molar refractivity (Wildman–Crippen MR) is 126 cm³/mol. The van der Waals surface area contributed by atoms with E-state index in [9.17, 15) is 19.5 Å². The van der Waals surface area contributed by atoms with Crippen molar-refractivity contribution in [1.82, 2.24) is 33.1 Å². The van der Waals surface area contributed by atoms with Gasteiger partial charge in [0.05, 0.1) is 29.0 Å². The molecule has 0 unspecified atom stereocenters. The van der Waals surface area contributed by atoms with Gasteiger partial charge in [0.15, 0.2) is 11.2 Å². The number of benzene rings is 1. The Morgan fingerprint density at radius 3 is 2.62 bits per heavy atom. The molecule has 1 saturated heterocycles. The molecule has 4 aromatic rings. The molecule has 5 rings (SSSR count). The van der Waals surface area contributed by atoms with Crippen molar-refractivity contribution in [3.05, 3.63) is 56.8 Å². The number of rotatable bonds is 2. The summed E-state index contributed by atoms with van der Waals surface area (Å²) in [6.45, 7) is 4.15. The van der Waals surface area contributed by atoms with E-state index in [1.807, 2.05) is 24.6 Å². The average molecular weight is 466 g/mol. The fourth-order valence-corrected chi connectivity index (χ4v) is 4.83. The van der Waals surface area contributed by atoms with Crippen molar-refractivity contribution in [1.29, 1.82) is 0 Å². The summed E-state index contributed by atoms with van der Waals surface area (Å²) in [5.41, 5.74) is 0.501. The highest BCUT2D eigenvalue weighted by Crippen LogP contribution is 2.34. The van der Waals surface area contributed by atoms with Crippen LogP contribution in [0.1, 0.15) is 35.6 Å². The van der Waals surface area contributed by atoms with Crippen molar-refractivity contribution < 1.29 is 9.90 Å². The van der Waals surface area contributed by atoms with Crippen LogP contribution in [0, 0.1) is 6.92 Å². The number of aromatic nitrogens is 6. The van der Waals surface area contributed by atoms with Gasteiger partial charge < -0.3 is 19.1 Å². The molecule has 11 heteroatoms. The van der Waals surface area contributed by atoms with Crippen LogP contribution in [-0.4, -0.2) is 62.8 Å². The Morgan fingerprint density at radius 2 is 1.88 bits per heavy atom. The Hall–Kier alpha value is -3.73. The van der Waals surface area contributed by atoms with E-state index in [0.29, 0.717) is 18.5 Å². The number of amides is 1. The van der Waals surface area contributed by atoms with E-state index in [0.717, 1.165) is 21.4 Å². The number of fused-ring (bicyclic) bond motifs is 2. The number of piperidine rings is 1. The summed E-state index contributed by atoms with van der Waals surface area (Å²) in [7, 11) is 4.89. The average Bonchev–Trinajstić information content (AvgIpc) is 3.36. The Labute approximate surface area is 194 Å². The largest absolute Gasteiger partial charge is 0.388 e. The smallest absolute Gasteiger partial charge is 0.332 e. The Bertz CT molecular complexity index is 1590. The second-order valence-corrected chi connectivity index (χ2v) is 9.33. The lowest BCUT2D eigenvalue weighted by atomic mass is 9.87. The number of aliphatic hydroxyl groups is 1. The third-order valence-electron chi connectivity index (χ3n) is 7.15. The van der Waals surface area contributed by atoms with Crippen molar-refractivity contribution in [2.45, 2.75) is 31.9 Å². The number of hydrogen-bond donors (Lipinski definition) is 1. The van der Waals surface area contributed by atoms with Gasteiger partial charge in [-0.05, 0) is 38.5 Å². The van der Waals surface area contributed by atoms with Crippen molar-refractivity contribution in [2.75, 3.05) is 13.1 Å². The maximum atomic E-state index is 13.4. The van der Waals surface area contributed by atoms with Crippen molar-refractivity contribution in [2.24, 2.45) is 21.1 Å². The first-order valence-electron chi connectivity index (χ1n) is 11.1. The van der Waals surface area contributed by atoms with E-state index < -0.39 is 22.9 Å². The summed E-state index contributed by atoms with van der Waals surface area (Å²) in [5, 5.41) is 11.2. The van der Waals surface area contributed by atoms with Gasteiger partial charge in [-0.1, -0.05) is 0 Å². The van der Waals surface area contributed by atoms with Crippen LogP contribution >= 0.6 is 0 Å². The molecule has 1 fully saturated rings. The van der Waals surface area contributed by atoms with Crippen LogP contribution in [0.3, 0.4) is 0 Å². The normalized spacial score (nSPS) is 21.0. The van der Waals surface area contributed by atoms with Crippen LogP contribution < -0.4 is 11.2 Å². The van der Waals surface area contributed by atoms with E-state index in [2.05, 4.69) is 9.97 Å². The number of carbonyl (C=O) groups is 1. The zero-order chi connectivity index (χ0) is 24.5. The zero-order valence-electron chi connectivity index (χ0n) is 19.8. The van der Waals surface area contributed by atoms with E-state index in [1.165, 1.54) is 17.9 Å². The van der Waals surface area contributed by atoms with Gasteiger partial charge in [-0.15, -0.1) is 0 Å². The fourth-order valence-electron chi connectivity index (χ4n) is 4.83. The molecule has 0 bridgehead atoms. The number of nitrogens with zero attached hydrogens (tertiary/aromatic N) is 7. The molecular weight excluding hydrogens is 438 g/mol. The number of hydrogen-bond acceptors (Lipinski definition) is 6. The van der Waals surface area contributed by atoms with Crippen molar-refractivity contribution >= 4 is 28.1 Å². The summed E-state index contributed by atoms with van der Waals surface area (Å²) in [4.78, 5) is 49.1. The zero-order valence-corrected chi connectivity index (χ0v) is 19.8. The molecule has 1 aliphatic heterocycles. The lowest BCUT2D eigenvalue weighted by Gasteiger charge is -2.43. The number of likely N-dealkylation sites (tertiary alicyclic amines) is 1. The van der Waals surface area contributed by atoms with Crippen LogP contribution in [0.5, 0.6) is 0 Å². The van der Waals surface area contributed by atoms with E-state index in [4.69, 9.17) is 0 Å². The molecule has 2 atom stereocenters. The minimum atomic E-state index is -1.19. The molecule has 34 heavy (non-hydrogen) atoms. The molecule has 0 radical (unpaired) electrons. The molecule has 3 aromatic heterocycles. The molecule has 1 N–H and O–H groups in total. The fraction of sp³-hybridized carbons (Fsp3) is 0.435. The third kappa shape index (κ3) is 3.11. The minimum absolute atomic E-state index is 0.171. The van der Waals surface area contributed by atoms with Gasteiger partial charge >= 0.3 is 5.69 Å². The number of imidazole rings is 2. The predicted octanol–water partition coefficient (Wildman–Crippen LogP) is 0.467. The molecule has 0 aliphatic carbocycles. The Kier molecular flexibility index (Phi) is 4.80. The van der Waals surface area contributed by atoms with Crippen LogP contribution in [0.15, 0.2) is 34.1 Å². The highest BCUT2D eigenvalue weighted by Gasteiger charge is 2.41. The third-order valence-corrected chi connectivity index (χ3v) is 7.15.